The Morgan fingerprint density at radius 1 is 1.14 bits per heavy atom. The first-order chi connectivity index (χ1) is 10.2. The molecule has 3 heterocycles. The fourth-order valence-electron chi connectivity index (χ4n) is 1.67. The molecule has 0 spiro atoms. The van der Waals surface area contributed by atoms with Crippen LogP contribution in [0, 0.1) is 0 Å². The summed E-state index contributed by atoms with van der Waals surface area (Å²) in [5.41, 5.74) is 0.788. The highest BCUT2D eigenvalue weighted by molar-refractivity contribution is 7.99. The van der Waals surface area contributed by atoms with Gasteiger partial charge in [-0.2, -0.15) is 15.0 Å². The highest BCUT2D eigenvalue weighted by atomic mass is 32.2. The van der Waals surface area contributed by atoms with Crippen LogP contribution >= 0.6 is 11.8 Å². The maximum atomic E-state index is 4.41. The Bertz CT molecular complexity index is 769. The van der Waals surface area contributed by atoms with E-state index < -0.39 is 0 Å². The number of pyridine rings is 1. The molecule has 0 aliphatic carbocycles. The molecule has 0 radical (unpaired) electrons. The maximum Gasteiger partial charge on any atom is 0.230 e. The third-order valence-corrected chi connectivity index (χ3v) is 3.52. The number of hydrogen-bond donors (Lipinski definition) is 1. The molecule has 0 saturated carbocycles. The normalized spacial score (nSPS) is 10.8. The van der Waals surface area contributed by atoms with Crippen LogP contribution in [-0.4, -0.2) is 50.7 Å². The minimum absolute atomic E-state index is 0.519. The fourth-order valence-corrected chi connectivity index (χ4v) is 2.43. The molecule has 108 valence electrons. The minimum atomic E-state index is 0.519. The van der Waals surface area contributed by atoms with Crippen molar-refractivity contribution >= 4 is 29.3 Å². The number of hydrogen-bond acceptors (Lipinski definition) is 8. The molecule has 21 heavy (non-hydrogen) atoms. The zero-order valence-electron chi connectivity index (χ0n) is 11.8. The van der Waals surface area contributed by atoms with Crippen molar-refractivity contribution in [3.05, 3.63) is 24.4 Å². The molecule has 3 rings (SSSR count). The predicted molar refractivity (Wildman–Crippen MR) is 80.8 cm³/mol. The van der Waals surface area contributed by atoms with Crippen molar-refractivity contribution < 1.29 is 0 Å². The quantitative estimate of drug-likeness (QED) is 0.769. The lowest BCUT2D eigenvalue weighted by Crippen LogP contribution is -2.15. The largest absolute Gasteiger partial charge is 0.357 e. The molecule has 9 heteroatoms. The van der Waals surface area contributed by atoms with Gasteiger partial charge in [0.25, 0.3) is 0 Å². The number of rotatable bonds is 4. The molecule has 0 unspecified atom stereocenters. The van der Waals surface area contributed by atoms with Gasteiger partial charge in [0.2, 0.25) is 22.2 Å². The fraction of sp³-hybridized carbons (Fsp3) is 0.250. The summed E-state index contributed by atoms with van der Waals surface area (Å²) in [6, 6.07) is 5.75. The lowest BCUT2D eigenvalue weighted by atomic mass is 10.5. The number of anilines is 2. The Hall–Kier alpha value is -2.42. The van der Waals surface area contributed by atoms with E-state index >= 15 is 0 Å². The van der Waals surface area contributed by atoms with Crippen molar-refractivity contribution in [1.29, 1.82) is 0 Å². The van der Waals surface area contributed by atoms with Gasteiger partial charge >= 0.3 is 0 Å². The van der Waals surface area contributed by atoms with Crippen LogP contribution in [-0.2, 0) is 0 Å². The van der Waals surface area contributed by atoms with Crippen molar-refractivity contribution in [1.82, 2.24) is 29.5 Å². The first-order valence-corrected chi connectivity index (χ1v) is 7.08. The third kappa shape index (κ3) is 2.72. The number of nitrogens with one attached hydrogen (secondary N) is 1. The number of aromatic nitrogens is 6. The summed E-state index contributed by atoms with van der Waals surface area (Å²) in [7, 11) is 5.54. The molecule has 0 aromatic carbocycles. The minimum Gasteiger partial charge on any atom is -0.357 e. The molecular weight excluding hydrogens is 288 g/mol. The SMILES string of the molecule is CNc1nc(Sc2nnc3ccccn23)nc(N(C)C)n1. The number of nitrogens with zero attached hydrogens (tertiary/aromatic N) is 7. The molecule has 3 aromatic rings. The standard InChI is InChI=1S/C12H14N8S/c1-13-9-14-10(19(2)3)16-11(15-9)21-12-18-17-8-6-4-5-7-20(8)12/h4-7H,1-3H3,(H,13,14,15,16). The molecule has 1 N–H and O–H groups in total. The second-order valence-corrected chi connectivity index (χ2v) is 5.33. The lowest BCUT2D eigenvalue weighted by molar-refractivity contribution is 0.856. The van der Waals surface area contributed by atoms with Gasteiger partial charge in [-0.15, -0.1) is 10.2 Å². The summed E-state index contributed by atoms with van der Waals surface area (Å²) in [6.07, 6.45) is 1.91. The molecule has 0 aliphatic rings. The Morgan fingerprint density at radius 3 is 2.76 bits per heavy atom. The van der Waals surface area contributed by atoms with Crippen LogP contribution in [0.1, 0.15) is 0 Å². The predicted octanol–water partition coefficient (Wildman–Crippen LogP) is 1.17. The zero-order chi connectivity index (χ0) is 14.8. The summed E-state index contributed by atoms with van der Waals surface area (Å²) >= 11 is 1.35. The van der Waals surface area contributed by atoms with E-state index in [1.54, 1.807) is 7.05 Å². The van der Waals surface area contributed by atoms with Crippen molar-refractivity contribution in [3.8, 4) is 0 Å². The van der Waals surface area contributed by atoms with Gasteiger partial charge in [-0.1, -0.05) is 6.07 Å². The van der Waals surface area contributed by atoms with E-state index in [1.807, 2.05) is 47.8 Å². The van der Waals surface area contributed by atoms with E-state index in [2.05, 4.69) is 30.5 Å². The Balaban J connectivity index is 1.99. The summed E-state index contributed by atoms with van der Waals surface area (Å²) in [5, 5.41) is 12.5. The van der Waals surface area contributed by atoms with Crippen LogP contribution in [0.3, 0.4) is 0 Å². The third-order valence-electron chi connectivity index (χ3n) is 2.69. The monoisotopic (exact) mass is 302 g/mol. The molecule has 0 saturated heterocycles. The summed E-state index contributed by atoms with van der Waals surface area (Å²) in [5.74, 6) is 1.11. The molecule has 0 amide bonds. The first-order valence-electron chi connectivity index (χ1n) is 6.26. The highest BCUT2D eigenvalue weighted by Crippen LogP contribution is 2.25. The molecule has 0 bridgehead atoms. The maximum absolute atomic E-state index is 4.41. The average molecular weight is 302 g/mol. The average Bonchev–Trinajstić information content (AvgIpc) is 2.90. The van der Waals surface area contributed by atoms with Crippen LogP contribution in [0.5, 0.6) is 0 Å². The highest BCUT2D eigenvalue weighted by Gasteiger charge is 2.12. The van der Waals surface area contributed by atoms with Crippen LogP contribution < -0.4 is 10.2 Å². The zero-order valence-corrected chi connectivity index (χ0v) is 12.7. The molecule has 0 atom stereocenters. The van der Waals surface area contributed by atoms with Crippen molar-refractivity contribution in [2.24, 2.45) is 0 Å². The van der Waals surface area contributed by atoms with Crippen molar-refractivity contribution in [2.75, 3.05) is 31.4 Å². The molecule has 8 nitrogen and oxygen atoms in total. The smallest absolute Gasteiger partial charge is 0.230 e. The molecule has 0 fully saturated rings. The summed E-state index contributed by atoms with van der Waals surface area (Å²) < 4.78 is 1.89. The lowest BCUT2D eigenvalue weighted by Gasteiger charge is -2.11. The Kier molecular flexibility index (Phi) is 3.57. The van der Waals surface area contributed by atoms with Gasteiger partial charge in [-0.3, -0.25) is 4.40 Å². The van der Waals surface area contributed by atoms with Gasteiger partial charge in [-0.05, 0) is 23.9 Å². The van der Waals surface area contributed by atoms with Crippen molar-refractivity contribution in [3.63, 3.8) is 0 Å². The first kappa shape index (κ1) is 13.6. The van der Waals surface area contributed by atoms with Gasteiger partial charge in [0.15, 0.2) is 5.65 Å². The van der Waals surface area contributed by atoms with Gasteiger partial charge in [0.1, 0.15) is 0 Å². The van der Waals surface area contributed by atoms with E-state index in [1.165, 1.54) is 11.8 Å². The molecule has 3 aromatic heterocycles. The van der Waals surface area contributed by atoms with E-state index in [0.717, 1.165) is 5.65 Å². The van der Waals surface area contributed by atoms with E-state index in [0.29, 0.717) is 22.2 Å². The topological polar surface area (TPSA) is 84.1 Å². The van der Waals surface area contributed by atoms with Gasteiger partial charge in [0, 0.05) is 27.3 Å². The van der Waals surface area contributed by atoms with E-state index in [-0.39, 0.29) is 0 Å². The molecular formula is C12H14N8S. The van der Waals surface area contributed by atoms with E-state index in [4.69, 9.17) is 0 Å². The van der Waals surface area contributed by atoms with Gasteiger partial charge in [-0.25, -0.2) is 0 Å². The van der Waals surface area contributed by atoms with Crippen LogP contribution in [0.15, 0.2) is 34.7 Å². The van der Waals surface area contributed by atoms with Gasteiger partial charge in [0.05, 0.1) is 0 Å². The second kappa shape index (κ2) is 5.52. The van der Waals surface area contributed by atoms with Crippen LogP contribution in [0.4, 0.5) is 11.9 Å². The second-order valence-electron chi connectivity index (χ2n) is 4.40. The van der Waals surface area contributed by atoms with Crippen LogP contribution in [0.2, 0.25) is 0 Å². The van der Waals surface area contributed by atoms with Crippen molar-refractivity contribution in [2.45, 2.75) is 10.3 Å². The summed E-state index contributed by atoms with van der Waals surface area (Å²) in [6.45, 7) is 0. The van der Waals surface area contributed by atoms with Crippen LogP contribution in [0.25, 0.3) is 5.65 Å². The Labute approximate surface area is 125 Å². The van der Waals surface area contributed by atoms with Gasteiger partial charge < -0.3 is 10.2 Å². The number of fused-ring (bicyclic) bond motifs is 1. The summed E-state index contributed by atoms with van der Waals surface area (Å²) in [4.78, 5) is 14.9. The Morgan fingerprint density at radius 2 is 2.00 bits per heavy atom. The molecule has 0 aliphatic heterocycles. The van der Waals surface area contributed by atoms with E-state index in [9.17, 15) is 0 Å².